The summed E-state index contributed by atoms with van der Waals surface area (Å²) in [5.41, 5.74) is 2.40. The van der Waals surface area contributed by atoms with Gasteiger partial charge >= 0.3 is 0 Å². The second-order valence-corrected chi connectivity index (χ2v) is 8.06. The molecule has 1 aromatic heterocycles. The zero-order valence-electron chi connectivity index (χ0n) is 16.9. The largest absolute Gasteiger partial charge is 0.484 e. The van der Waals surface area contributed by atoms with Crippen molar-refractivity contribution >= 4 is 28.2 Å². The van der Waals surface area contributed by atoms with Gasteiger partial charge in [-0.2, -0.15) is 0 Å². The van der Waals surface area contributed by atoms with Gasteiger partial charge in [0.15, 0.2) is 11.7 Å². The molecule has 1 N–H and O–H groups in total. The fourth-order valence-electron chi connectivity index (χ4n) is 2.84. The number of anilines is 1. The van der Waals surface area contributed by atoms with Gasteiger partial charge in [0.1, 0.15) is 17.3 Å². The molecule has 156 valence electrons. The number of ether oxygens (including phenoxy) is 1. The maximum Gasteiger partial charge on any atom is 0.264 e. The molecule has 0 aliphatic carbocycles. The molecule has 2 aromatic carbocycles. The van der Waals surface area contributed by atoms with Crippen LogP contribution in [0.1, 0.15) is 35.0 Å². The quantitative estimate of drug-likeness (QED) is 0.538. The van der Waals surface area contributed by atoms with E-state index in [2.05, 4.69) is 10.3 Å². The first kappa shape index (κ1) is 21.6. The highest BCUT2D eigenvalue weighted by Gasteiger charge is 2.13. The minimum atomic E-state index is -0.318. The Labute approximate surface area is 178 Å². The summed E-state index contributed by atoms with van der Waals surface area (Å²) in [5, 5.41) is 3.20. The van der Waals surface area contributed by atoms with Gasteiger partial charge in [0, 0.05) is 17.7 Å². The minimum absolute atomic E-state index is 0.145. The number of hydrogen-bond acceptors (Lipinski definition) is 5. The van der Waals surface area contributed by atoms with Gasteiger partial charge in [-0.15, -0.1) is 11.3 Å². The average molecular weight is 427 g/mol. The molecule has 0 atom stereocenters. The lowest BCUT2D eigenvalue weighted by Gasteiger charge is -2.07. The van der Waals surface area contributed by atoms with Crippen molar-refractivity contribution < 1.29 is 18.7 Å². The summed E-state index contributed by atoms with van der Waals surface area (Å²) >= 11 is 1.33. The van der Waals surface area contributed by atoms with E-state index in [9.17, 15) is 14.0 Å². The van der Waals surface area contributed by atoms with E-state index in [1.54, 1.807) is 37.3 Å². The Morgan fingerprint density at radius 1 is 1.13 bits per heavy atom. The molecule has 3 rings (SSSR count). The predicted octanol–water partition coefficient (Wildman–Crippen LogP) is 4.72. The molecule has 1 heterocycles. The standard InChI is InChI=1S/C23H23FN2O3S/c1-15(27)7-8-17-9-11-19(12-10-17)29-14-22(28)26-23-25-16(2)21(30-23)13-18-5-3-4-6-20(18)24/h3-6,9-12H,7-8,13-14H2,1-2H3,(H,25,26,28). The number of halogens is 1. The molecule has 7 heteroatoms. The van der Waals surface area contributed by atoms with E-state index in [4.69, 9.17) is 4.74 Å². The summed E-state index contributed by atoms with van der Waals surface area (Å²) in [7, 11) is 0. The van der Waals surface area contributed by atoms with E-state index in [1.807, 2.05) is 19.1 Å². The van der Waals surface area contributed by atoms with E-state index in [0.717, 1.165) is 16.1 Å². The van der Waals surface area contributed by atoms with Crippen molar-refractivity contribution in [3.63, 3.8) is 0 Å². The number of carbonyl (C=O) groups excluding carboxylic acids is 2. The van der Waals surface area contributed by atoms with Crippen molar-refractivity contribution in [2.45, 2.75) is 33.1 Å². The molecule has 0 aliphatic rings. The molecule has 0 unspecified atom stereocenters. The normalized spacial score (nSPS) is 10.6. The van der Waals surface area contributed by atoms with Crippen LogP contribution < -0.4 is 10.1 Å². The molecule has 0 spiro atoms. The third-order valence-electron chi connectivity index (χ3n) is 4.51. The lowest BCUT2D eigenvalue weighted by Crippen LogP contribution is -2.20. The third-order valence-corrected chi connectivity index (χ3v) is 5.58. The zero-order valence-corrected chi connectivity index (χ0v) is 17.7. The highest BCUT2D eigenvalue weighted by atomic mass is 32.1. The molecule has 0 saturated heterocycles. The van der Waals surface area contributed by atoms with Gasteiger partial charge in [-0.1, -0.05) is 30.3 Å². The minimum Gasteiger partial charge on any atom is -0.484 e. The molecule has 0 fully saturated rings. The molecular weight excluding hydrogens is 403 g/mol. The molecule has 0 bridgehead atoms. The van der Waals surface area contributed by atoms with Crippen molar-refractivity contribution in [2.24, 2.45) is 0 Å². The van der Waals surface area contributed by atoms with Crippen molar-refractivity contribution in [3.05, 3.63) is 76.0 Å². The number of amides is 1. The Kier molecular flexibility index (Phi) is 7.30. The number of aromatic nitrogens is 1. The van der Waals surface area contributed by atoms with E-state index in [1.165, 1.54) is 17.4 Å². The van der Waals surface area contributed by atoms with Crippen molar-refractivity contribution in [1.29, 1.82) is 0 Å². The fraction of sp³-hybridized carbons (Fsp3) is 0.261. The van der Waals surface area contributed by atoms with Gasteiger partial charge in [-0.05, 0) is 49.6 Å². The van der Waals surface area contributed by atoms with Crippen molar-refractivity contribution in [1.82, 2.24) is 4.98 Å². The zero-order chi connectivity index (χ0) is 21.5. The number of hydrogen-bond donors (Lipinski definition) is 1. The van der Waals surface area contributed by atoms with E-state index in [0.29, 0.717) is 35.7 Å². The molecule has 0 saturated carbocycles. The Hall–Kier alpha value is -3.06. The van der Waals surface area contributed by atoms with Crippen molar-refractivity contribution in [2.75, 3.05) is 11.9 Å². The van der Waals surface area contributed by atoms with Gasteiger partial charge in [0.25, 0.3) is 5.91 Å². The summed E-state index contributed by atoms with van der Waals surface area (Å²) in [6.07, 6.45) is 1.63. The van der Waals surface area contributed by atoms with Crippen LogP contribution in [0.15, 0.2) is 48.5 Å². The van der Waals surface area contributed by atoms with Crippen LogP contribution >= 0.6 is 11.3 Å². The first-order chi connectivity index (χ1) is 14.4. The Morgan fingerprint density at radius 3 is 2.57 bits per heavy atom. The number of aryl methyl sites for hydroxylation is 2. The third kappa shape index (κ3) is 6.22. The predicted molar refractivity (Wildman–Crippen MR) is 116 cm³/mol. The number of benzene rings is 2. The first-order valence-corrected chi connectivity index (χ1v) is 10.4. The van der Waals surface area contributed by atoms with Gasteiger partial charge in [0.2, 0.25) is 0 Å². The smallest absolute Gasteiger partial charge is 0.264 e. The number of thiazole rings is 1. The van der Waals surface area contributed by atoms with Crippen LogP contribution in [-0.4, -0.2) is 23.3 Å². The van der Waals surface area contributed by atoms with Crippen LogP contribution in [0.3, 0.4) is 0 Å². The summed E-state index contributed by atoms with van der Waals surface area (Å²) in [5.74, 6) is 0.159. The highest BCUT2D eigenvalue weighted by molar-refractivity contribution is 7.15. The van der Waals surface area contributed by atoms with E-state index < -0.39 is 0 Å². The van der Waals surface area contributed by atoms with Gasteiger partial charge in [-0.25, -0.2) is 9.37 Å². The molecule has 5 nitrogen and oxygen atoms in total. The summed E-state index contributed by atoms with van der Waals surface area (Å²) in [4.78, 5) is 28.5. The number of rotatable bonds is 9. The van der Waals surface area contributed by atoms with Gasteiger partial charge in [0.05, 0.1) is 5.69 Å². The number of Topliss-reactive ketones (excluding diaryl/α,β-unsaturated/α-hetero) is 1. The maximum absolute atomic E-state index is 13.9. The van der Waals surface area contributed by atoms with E-state index in [-0.39, 0.29) is 24.1 Å². The SMILES string of the molecule is CC(=O)CCc1ccc(OCC(=O)Nc2nc(C)c(Cc3ccccc3F)s2)cc1. The molecule has 30 heavy (non-hydrogen) atoms. The maximum atomic E-state index is 13.9. The van der Waals surface area contributed by atoms with E-state index >= 15 is 0 Å². The lowest BCUT2D eigenvalue weighted by atomic mass is 10.1. The first-order valence-electron chi connectivity index (χ1n) is 9.61. The van der Waals surface area contributed by atoms with Crippen LogP contribution in [0.2, 0.25) is 0 Å². The van der Waals surface area contributed by atoms with Gasteiger partial charge in [-0.3, -0.25) is 10.1 Å². The Bertz CT molecular complexity index is 1030. The molecule has 0 radical (unpaired) electrons. The number of ketones is 1. The average Bonchev–Trinajstić information content (AvgIpc) is 3.06. The Balaban J connectivity index is 1.51. The van der Waals surface area contributed by atoms with Crippen LogP contribution in [0.25, 0.3) is 0 Å². The summed E-state index contributed by atoms with van der Waals surface area (Å²) in [6.45, 7) is 3.27. The molecule has 1 amide bonds. The number of carbonyl (C=O) groups is 2. The second-order valence-electron chi connectivity index (χ2n) is 6.98. The van der Waals surface area contributed by atoms with Crippen molar-refractivity contribution in [3.8, 4) is 5.75 Å². The highest BCUT2D eigenvalue weighted by Crippen LogP contribution is 2.26. The van der Waals surface area contributed by atoms with Crippen LogP contribution in [-0.2, 0) is 22.4 Å². The van der Waals surface area contributed by atoms with Gasteiger partial charge < -0.3 is 9.53 Å². The molecule has 3 aromatic rings. The summed E-state index contributed by atoms with van der Waals surface area (Å²) in [6, 6.07) is 14.0. The molecule has 0 aliphatic heterocycles. The lowest BCUT2D eigenvalue weighted by molar-refractivity contribution is -0.118. The topological polar surface area (TPSA) is 68.3 Å². The number of nitrogens with one attached hydrogen (secondary N) is 1. The second kappa shape index (κ2) is 10.1. The number of nitrogens with zero attached hydrogens (tertiary/aromatic N) is 1. The Morgan fingerprint density at radius 2 is 1.87 bits per heavy atom. The molecular formula is C23H23FN2O3S. The summed E-state index contributed by atoms with van der Waals surface area (Å²) < 4.78 is 19.4. The van der Waals surface area contributed by atoms with Crippen LogP contribution in [0, 0.1) is 12.7 Å². The monoisotopic (exact) mass is 426 g/mol. The van der Waals surface area contributed by atoms with Crippen LogP contribution in [0.4, 0.5) is 9.52 Å². The fourth-order valence-corrected chi connectivity index (χ4v) is 3.84. The van der Waals surface area contributed by atoms with Crippen LogP contribution in [0.5, 0.6) is 5.75 Å².